The molecular formula is C11H9F6NOS2. The highest BCUT2D eigenvalue weighted by Gasteiger charge is 2.37. The molecule has 0 aliphatic heterocycles. The molecule has 1 amide bonds. The van der Waals surface area contributed by atoms with Crippen LogP contribution in [0.3, 0.4) is 0 Å². The molecule has 0 saturated heterocycles. The average molecular weight is 349 g/mol. The van der Waals surface area contributed by atoms with Crippen LogP contribution in [0.4, 0.5) is 32.0 Å². The number of rotatable bonds is 4. The number of amides is 1. The summed E-state index contributed by atoms with van der Waals surface area (Å²) in [6.07, 6.45) is -8.19. The van der Waals surface area contributed by atoms with Crippen molar-refractivity contribution < 1.29 is 31.1 Å². The Bertz CT molecular complexity index is 482. The molecule has 0 fully saturated rings. The molecule has 0 saturated carbocycles. The van der Waals surface area contributed by atoms with E-state index in [1.54, 1.807) is 6.26 Å². The van der Waals surface area contributed by atoms with Gasteiger partial charge in [0, 0.05) is 5.69 Å². The molecule has 1 aromatic rings. The molecule has 0 aromatic heterocycles. The molecule has 2 nitrogen and oxygen atoms in total. The van der Waals surface area contributed by atoms with E-state index in [-0.39, 0.29) is 11.8 Å². The van der Waals surface area contributed by atoms with Gasteiger partial charge in [0.25, 0.3) is 0 Å². The molecule has 0 radical (unpaired) electrons. The first kappa shape index (κ1) is 18.0. The molecule has 0 aliphatic carbocycles. The van der Waals surface area contributed by atoms with E-state index >= 15 is 0 Å². The Kier molecular flexibility index (Phi) is 5.85. The van der Waals surface area contributed by atoms with Crippen LogP contribution in [0.15, 0.2) is 18.2 Å². The number of carbonyl (C=O) groups excluding carboxylic acids is 1. The Hall–Kier alpha value is -1.03. The second kappa shape index (κ2) is 6.82. The van der Waals surface area contributed by atoms with Crippen molar-refractivity contribution in [3.05, 3.63) is 29.3 Å². The van der Waals surface area contributed by atoms with Gasteiger partial charge in [0.15, 0.2) is 0 Å². The average Bonchev–Trinajstić information content (AvgIpc) is 2.34. The van der Waals surface area contributed by atoms with Gasteiger partial charge in [-0.25, -0.2) is 0 Å². The highest BCUT2D eigenvalue weighted by molar-refractivity contribution is 8.76. The van der Waals surface area contributed by atoms with E-state index in [0.717, 1.165) is 10.8 Å². The lowest BCUT2D eigenvalue weighted by Gasteiger charge is -2.14. The summed E-state index contributed by atoms with van der Waals surface area (Å²) < 4.78 is 75.5. The molecule has 0 aliphatic rings. The standard InChI is InChI=1S/C11H9F6NOS2/c1-20-21-5-9(19)18-8-3-6(10(12,13)14)2-7(4-8)11(15,16)17/h2-4H,5H2,1H3,(H,18,19). The number of carbonyl (C=O) groups is 1. The summed E-state index contributed by atoms with van der Waals surface area (Å²) in [5.41, 5.74) is -3.47. The van der Waals surface area contributed by atoms with E-state index in [4.69, 9.17) is 0 Å². The molecule has 1 rings (SSSR count). The van der Waals surface area contributed by atoms with Gasteiger partial charge in [0.05, 0.1) is 16.9 Å². The maximum Gasteiger partial charge on any atom is 0.416 e. The van der Waals surface area contributed by atoms with Gasteiger partial charge in [0.2, 0.25) is 5.91 Å². The van der Waals surface area contributed by atoms with Crippen LogP contribution in [0.25, 0.3) is 0 Å². The Morgan fingerprint density at radius 3 is 1.90 bits per heavy atom. The van der Waals surface area contributed by atoms with E-state index in [1.807, 2.05) is 5.32 Å². The maximum atomic E-state index is 12.6. The second-order valence-corrected chi connectivity index (χ2v) is 6.34. The highest BCUT2D eigenvalue weighted by Crippen LogP contribution is 2.37. The zero-order chi connectivity index (χ0) is 16.3. The van der Waals surface area contributed by atoms with Crippen molar-refractivity contribution >= 4 is 33.2 Å². The number of hydrogen-bond acceptors (Lipinski definition) is 3. The number of halogens is 6. The van der Waals surface area contributed by atoms with Crippen molar-refractivity contribution in [2.24, 2.45) is 0 Å². The van der Waals surface area contributed by atoms with Crippen LogP contribution < -0.4 is 5.32 Å². The molecular weight excluding hydrogens is 340 g/mol. The Morgan fingerprint density at radius 1 is 1.05 bits per heavy atom. The summed E-state index contributed by atoms with van der Waals surface area (Å²) in [6.45, 7) is 0. The van der Waals surface area contributed by atoms with Gasteiger partial charge in [-0.3, -0.25) is 4.79 Å². The molecule has 0 unspecified atom stereocenters. The second-order valence-electron chi connectivity index (χ2n) is 3.77. The Labute approximate surface area is 124 Å². The van der Waals surface area contributed by atoms with E-state index in [9.17, 15) is 31.1 Å². The van der Waals surface area contributed by atoms with Gasteiger partial charge < -0.3 is 5.32 Å². The van der Waals surface area contributed by atoms with E-state index in [0.29, 0.717) is 12.1 Å². The van der Waals surface area contributed by atoms with Crippen molar-refractivity contribution in [2.75, 3.05) is 17.3 Å². The minimum Gasteiger partial charge on any atom is -0.325 e. The SMILES string of the molecule is CSSCC(=O)Nc1cc(C(F)(F)F)cc(C(F)(F)F)c1. The topological polar surface area (TPSA) is 29.1 Å². The van der Waals surface area contributed by atoms with Gasteiger partial charge in [-0.05, 0) is 24.5 Å². The lowest BCUT2D eigenvalue weighted by Crippen LogP contribution is -2.16. The van der Waals surface area contributed by atoms with Crippen molar-refractivity contribution in [1.29, 1.82) is 0 Å². The first-order valence-electron chi connectivity index (χ1n) is 5.29. The maximum absolute atomic E-state index is 12.6. The number of anilines is 1. The summed E-state index contributed by atoms with van der Waals surface area (Å²) in [5.74, 6) is -0.763. The lowest BCUT2D eigenvalue weighted by atomic mass is 10.1. The van der Waals surface area contributed by atoms with Gasteiger partial charge in [0.1, 0.15) is 0 Å². The molecule has 118 valence electrons. The van der Waals surface area contributed by atoms with Gasteiger partial charge >= 0.3 is 12.4 Å². The van der Waals surface area contributed by atoms with Crippen LogP contribution in [-0.4, -0.2) is 17.9 Å². The summed E-state index contributed by atoms with van der Waals surface area (Å²) in [4.78, 5) is 11.4. The van der Waals surface area contributed by atoms with Crippen molar-refractivity contribution in [3.8, 4) is 0 Å². The summed E-state index contributed by atoms with van der Waals surface area (Å²) >= 11 is 0. The zero-order valence-corrected chi connectivity index (χ0v) is 12.1. The third kappa shape index (κ3) is 5.70. The van der Waals surface area contributed by atoms with Gasteiger partial charge in [-0.1, -0.05) is 21.6 Å². The van der Waals surface area contributed by atoms with Crippen LogP contribution in [-0.2, 0) is 17.1 Å². The molecule has 1 aromatic carbocycles. The van der Waals surface area contributed by atoms with Gasteiger partial charge in [-0.2, -0.15) is 26.3 Å². The third-order valence-corrected chi connectivity index (χ3v) is 3.86. The molecule has 0 spiro atoms. The van der Waals surface area contributed by atoms with Crippen molar-refractivity contribution in [3.63, 3.8) is 0 Å². The quantitative estimate of drug-likeness (QED) is 0.632. The number of benzene rings is 1. The largest absolute Gasteiger partial charge is 0.416 e. The van der Waals surface area contributed by atoms with Gasteiger partial charge in [-0.15, -0.1) is 0 Å². The first-order chi connectivity index (χ1) is 9.54. The molecule has 0 heterocycles. The third-order valence-electron chi connectivity index (χ3n) is 2.18. The fourth-order valence-electron chi connectivity index (χ4n) is 1.34. The Morgan fingerprint density at radius 2 is 1.52 bits per heavy atom. The van der Waals surface area contributed by atoms with Crippen LogP contribution in [0.1, 0.15) is 11.1 Å². The molecule has 0 bridgehead atoms. The van der Waals surface area contributed by atoms with Crippen LogP contribution in [0, 0.1) is 0 Å². The van der Waals surface area contributed by atoms with Crippen LogP contribution in [0.5, 0.6) is 0 Å². The molecule has 0 atom stereocenters. The number of alkyl halides is 6. The highest BCUT2D eigenvalue weighted by atomic mass is 33.1. The zero-order valence-electron chi connectivity index (χ0n) is 10.4. The fraction of sp³-hybridized carbons (Fsp3) is 0.364. The molecule has 1 N–H and O–H groups in total. The summed E-state index contributed by atoms with van der Waals surface area (Å²) in [7, 11) is 2.37. The van der Waals surface area contributed by atoms with Crippen LogP contribution in [0.2, 0.25) is 0 Å². The predicted octanol–water partition coefficient (Wildman–Crippen LogP) is 4.67. The van der Waals surface area contributed by atoms with E-state index < -0.39 is 35.1 Å². The molecule has 21 heavy (non-hydrogen) atoms. The summed E-state index contributed by atoms with van der Waals surface area (Å²) in [6, 6.07) is 0.945. The number of nitrogens with one attached hydrogen (secondary N) is 1. The Balaban J connectivity index is 3.11. The normalized spacial score (nSPS) is 12.3. The van der Waals surface area contributed by atoms with Crippen LogP contribution >= 0.6 is 21.6 Å². The lowest BCUT2D eigenvalue weighted by molar-refractivity contribution is -0.143. The van der Waals surface area contributed by atoms with Crippen molar-refractivity contribution in [2.45, 2.75) is 12.4 Å². The minimum atomic E-state index is -4.94. The fourth-order valence-corrected chi connectivity index (χ4v) is 2.31. The monoisotopic (exact) mass is 349 g/mol. The first-order valence-corrected chi connectivity index (χ1v) is 8.01. The van der Waals surface area contributed by atoms with Crippen molar-refractivity contribution in [1.82, 2.24) is 0 Å². The smallest absolute Gasteiger partial charge is 0.325 e. The van der Waals surface area contributed by atoms with E-state index in [2.05, 4.69) is 0 Å². The molecule has 10 heteroatoms. The van der Waals surface area contributed by atoms with E-state index in [1.165, 1.54) is 10.8 Å². The minimum absolute atomic E-state index is 0.00625. The predicted molar refractivity (Wildman–Crippen MR) is 71.0 cm³/mol. The summed E-state index contributed by atoms with van der Waals surface area (Å²) in [5, 5.41) is 2.03. The number of hydrogen-bond donors (Lipinski definition) is 1.